The van der Waals surface area contributed by atoms with Crippen molar-refractivity contribution in [3.05, 3.63) is 107 Å². The molecule has 120 valence electrons. The summed E-state index contributed by atoms with van der Waals surface area (Å²) in [4.78, 5) is 12.3. The van der Waals surface area contributed by atoms with Gasteiger partial charge < -0.3 is 5.32 Å². The van der Waals surface area contributed by atoms with Gasteiger partial charge in [0.1, 0.15) is 5.82 Å². The molecule has 0 aliphatic heterocycles. The van der Waals surface area contributed by atoms with Crippen LogP contribution >= 0.6 is 0 Å². The number of benzene rings is 3. The van der Waals surface area contributed by atoms with E-state index < -0.39 is 11.7 Å². The Morgan fingerprint density at radius 1 is 0.792 bits per heavy atom. The molecule has 0 radical (unpaired) electrons. The van der Waals surface area contributed by atoms with E-state index in [0.29, 0.717) is 6.54 Å². The van der Waals surface area contributed by atoms with Gasteiger partial charge in [-0.3, -0.25) is 4.79 Å². The minimum absolute atomic E-state index is 0.0168. The van der Waals surface area contributed by atoms with Gasteiger partial charge >= 0.3 is 0 Å². The molecule has 0 saturated carbocycles. The molecule has 1 amide bonds. The Labute approximate surface area is 141 Å². The predicted octanol–water partition coefficient (Wildman–Crippen LogP) is 4.39. The fourth-order valence-corrected chi connectivity index (χ4v) is 2.73. The molecule has 0 heterocycles. The van der Waals surface area contributed by atoms with Crippen LogP contribution in [0.2, 0.25) is 0 Å². The lowest BCUT2D eigenvalue weighted by Gasteiger charge is -2.19. The molecule has 3 rings (SSSR count). The van der Waals surface area contributed by atoms with E-state index in [4.69, 9.17) is 0 Å². The number of carbonyl (C=O) groups is 1. The van der Waals surface area contributed by atoms with Crippen molar-refractivity contribution < 1.29 is 9.18 Å². The summed E-state index contributed by atoms with van der Waals surface area (Å²) in [7, 11) is 0. The van der Waals surface area contributed by atoms with Gasteiger partial charge in [0.25, 0.3) is 5.91 Å². The summed E-state index contributed by atoms with van der Waals surface area (Å²) < 4.78 is 13.7. The van der Waals surface area contributed by atoms with Crippen LogP contribution in [-0.2, 0) is 0 Å². The average molecular weight is 319 g/mol. The third-order valence-corrected chi connectivity index (χ3v) is 3.99. The van der Waals surface area contributed by atoms with E-state index >= 15 is 0 Å². The lowest BCUT2D eigenvalue weighted by molar-refractivity contribution is 0.0948. The third kappa shape index (κ3) is 3.69. The molecule has 0 aromatic heterocycles. The van der Waals surface area contributed by atoms with Crippen molar-refractivity contribution in [2.24, 2.45) is 0 Å². The fourth-order valence-electron chi connectivity index (χ4n) is 2.73. The molecule has 3 aromatic carbocycles. The maximum atomic E-state index is 13.7. The standard InChI is InChI=1S/C21H18FNO/c22-20-14-8-7-13-18(20)21(24)23-15-19(16-9-3-1-4-10-16)17-11-5-2-6-12-17/h1-14,19H,15H2,(H,23,24). The summed E-state index contributed by atoms with van der Waals surface area (Å²) in [5.41, 5.74) is 2.28. The van der Waals surface area contributed by atoms with Crippen LogP contribution < -0.4 is 5.32 Å². The van der Waals surface area contributed by atoms with E-state index in [0.717, 1.165) is 11.1 Å². The first-order valence-corrected chi connectivity index (χ1v) is 7.88. The van der Waals surface area contributed by atoms with Gasteiger partial charge in [-0.2, -0.15) is 0 Å². The summed E-state index contributed by atoms with van der Waals surface area (Å²) in [5.74, 6) is -0.890. The van der Waals surface area contributed by atoms with E-state index in [1.807, 2.05) is 60.7 Å². The van der Waals surface area contributed by atoms with Gasteiger partial charge in [-0.05, 0) is 23.3 Å². The smallest absolute Gasteiger partial charge is 0.254 e. The molecule has 0 unspecified atom stereocenters. The highest BCUT2D eigenvalue weighted by Crippen LogP contribution is 2.23. The minimum atomic E-state index is -0.508. The second-order valence-corrected chi connectivity index (χ2v) is 5.56. The topological polar surface area (TPSA) is 29.1 Å². The molecule has 2 nitrogen and oxygen atoms in total. The summed E-state index contributed by atoms with van der Waals surface area (Å²) in [6.45, 7) is 0.404. The van der Waals surface area contributed by atoms with Crippen LogP contribution in [0.5, 0.6) is 0 Å². The van der Waals surface area contributed by atoms with Crippen LogP contribution in [0.25, 0.3) is 0 Å². The van der Waals surface area contributed by atoms with Crippen molar-refractivity contribution in [3.63, 3.8) is 0 Å². The maximum Gasteiger partial charge on any atom is 0.254 e. The van der Waals surface area contributed by atoms with E-state index in [9.17, 15) is 9.18 Å². The van der Waals surface area contributed by atoms with Crippen LogP contribution in [0.1, 0.15) is 27.4 Å². The molecule has 0 spiro atoms. The quantitative estimate of drug-likeness (QED) is 0.742. The van der Waals surface area contributed by atoms with Crippen molar-refractivity contribution in [1.29, 1.82) is 0 Å². The zero-order valence-corrected chi connectivity index (χ0v) is 13.2. The summed E-state index contributed by atoms with van der Waals surface area (Å²) in [6.07, 6.45) is 0. The summed E-state index contributed by atoms with van der Waals surface area (Å²) in [6, 6.07) is 26.0. The molecular formula is C21H18FNO. The van der Waals surface area contributed by atoms with Gasteiger partial charge in [0, 0.05) is 12.5 Å². The number of halogens is 1. The van der Waals surface area contributed by atoms with Gasteiger partial charge in [-0.1, -0.05) is 72.8 Å². The lowest BCUT2D eigenvalue weighted by Crippen LogP contribution is -2.29. The number of amides is 1. The molecule has 3 aromatic rings. The molecule has 1 N–H and O–H groups in total. The summed E-state index contributed by atoms with van der Waals surface area (Å²) in [5, 5.41) is 2.86. The van der Waals surface area contributed by atoms with Crippen LogP contribution in [0.15, 0.2) is 84.9 Å². The van der Waals surface area contributed by atoms with Gasteiger partial charge in [0.15, 0.2) is 0 Å². The van der Waals surface area contributed by atoms with Crippen molar-refractivity contribution in [2.45, 2.75) is 5.92 Å². The van der Waals surface area contributed by atoms with Crippen molar-refractivity contribution in [2.75, 3.05) is 6.54 Å². The van der Waals surface area contributed by atoms with Crippen LogP contribution in [0.4, 0.5) is 4.39 Å². The summed E-state index contributed by atoms with van der Waals surface area (Å²) >= 11 is 0. The fraction of sp³-hybridized carbons (Fsp3) is 0.0952. The SMILES string of the molecule is O=C(NCC(c1ccccc1)c1ccccc1)c1ccccc1F. The van der Waals surface area contributed by atoms with E-state index in [2.05, 4.69) is 5.32 Å². The number of hydrogen-bond donors (Lipinski definition) is 1. The Morgan fingerprint density at radius 2 is 1.29 bits per heavy atom. The Hall–Kier alpha value is -2.94. The van der Waals surface area contributed by atoms with Crippen LogP contribution in [-0.4, -0.2) is 12.5 Å². The van der Waals surface area contributed by atoms with Crippen molar-refractivity contribution in [3.8, 4) is 0 Å². The lowest BCUT2D eigenvalue weighted by atomic mass is 9.91. The highest BCUT2D eigenvalue weighted by atomic mass is 19.1. The number of hydrogen-bond acceptors (Lipinski definition) is 1. The molecule has 0 atom stereocenters. The number of rotatable bonds is 5. The molecule has 0 fully saturated rings. The monoisotopic (exact) mass is 319 g/mol. The van der Waals surface area contributed by atoms with Crippen molar-refractivity contribution >= 4 is 5.91 Å². The molecule has 0 aliphatic rings. The third-order valence-electron chi connectivity index (χ3n) is 3.99. The molecule has 0 bridgehead atoms. The molecule has 24 heavy (non-hydrogen) atoms. The Kier molecular flexibility index (Phi) is 5.02. The Balaban J connectivity index is 1.81. The second-order valence-electron chi connectivity index (χ2n) is 5.56. The first-order chi connectivity index (χ1) is 11.8. The van der Waals surface area contributed by atoms with Crippen LogP contribution in [0.3, 0.4) is 0 Å². The zero-order valence-electron chi connectivity index (χ0n) is 13.2. The van der Waals surface area contributed by atoms with Crippen LogP contribution in [0, 0.1) is 5.82 Å². The van der Waals surface area contributed by atoms with Crippen molar-refractivity contribution in [1.82, 2.24) is 5.32 Å². The first kappa shape index (κ1) is 15.9. The minimum Gasteiger partial charge on any atom is -0.351 e. The van der Waals surface area contributed by atoms with Gasteiger partial charge in [-0.25, -0.2) is 4.39 Å². The first-order valence-electron chi connectivity index (χ1n) is 7.88. The highest BCUT2D eigenvalue weighted by Gasteiger charge is 2.17. The average Bonchev–Trinajstić information content (AvgIpc) is 2.64. The number of nitrogens with one attached hydrogen (secondary N) is 1. The zero-order chi connectivity index (χ0) is 16.8. The molecule has 0 saturated heterocycles. The largest absolute Gasteiger partial charge is 0.351 e. The Morgan fingerprint density at radius 3 is 1.83 bits per heavy atom. The maximum absolute atomic E-state index is 13.7. The van der Waals surface area contributed by atoms with E-state index in [-0.39, 0.29) is 11.5 Å². The molecule has 0 aliphatic carbocycles. The van der Waals surface area contributed by atoms with Gasteiger partial charge in [-0.15, -0.1) is 0 Å². The predicted molar refractivity (Wildman–Crippen MR) is 93.5 cm³/mol. The highest BCUT2D eigenvalue weighted by molar-refractivity contribution is 5.94. The molecule has 3 heteroatoms. The normalized spacial score (nSPS) is 10.6. The second kappa shape index (κ2) is 7.55. The van der Waals surface area contributed by atoms with E-state index in [1.54, 1.807) is 12.1 Å². The van der Waals surface area contributed by atoms with Gasteiger partial charge in [0.05, 0.1) is 5.56 Å². The van der Waals surface area contributed by atoms with E-state index in [1.165, 1.54) is 12.1 Å². The Bertz CT molecular complexity index is 763. The number of carbonyl (C=O) groups excluding carboxylic acids is 1. The molecular weight excluding hydrogens is 301 g/mol. The van der Waals surface area contributed by atoms with Gasteiger partial charge in [0.2, 0.25) is 0 Å².